The lowest BCUT2D eigenvalue weighted by molar-refractivity contribution is -0.138. The van der Waals surface area contributed by atoms with Crippen molar-refractivity contribution in [3.63, 3.8) is 0 Å². The smallest absolute Gasteiger partial charge is 0.326 e. The molecule has 0 aliphatic carbocycles. The number of fused-ring (bicyclic) bond motifs is 3. The molecule has 0 bridgehead atoms. The molecule has 0 unspecified atom stereocenters. The first kappa shape index (κ1) is 24.9. The van der Waals surface area contributed by atoms with E-state index in [4.69, 9.17) is 16.0 Å². The molecular weight excluding hydrogens is 516 g/mol. The van der Waals surface area contributed by atoms with Crippen molar-refractivity contribution >= 4 is 57.1 Å². The Hall–Kier alpha value is -4.43. The molecule has 9 heteroatoms. The van der Waals surface area contributed by atoms with E-state index in [-0.39, 0.29) is 18.2 Å². The number of hydrogen-bond donors (Lipinski definition) is 2. The van der Waals surface area contributed by atoms with E-state index in [0.717, 1.165) is 16.5 Å². The minimum absolute atomic E-state index is 0.177. The molecule has 0 radical (unpaired) electrons. The van der Waals surface area contributed by atoms with Crippen LogP contribution in [0.15, 0.2) is 77.2 Å². The van der Waals surface area contributed by atoms with Gasteiger partial charge in [0.1, 0.15) is 23.0 Å². The Bertz CT molecular complexity index is 1720. The average molecular weight is 541 g/mol. The number of carboxylic acid groups (broad SMARTS) is 1. The van der Waals surface area contributed by atoms with Gasteiger partial charge >= 0.3 is 5.97 Å². The molecule has 2 atom stereocenters. The molecule has 3 heterocycles. The van der Waals surface area contributed by atoms with Crippen LogP contribution in [0, 0.1) is 12.8 Å². The number of furan rings is 1. The lowest BCUT2D eigenvalue weighted by Gasteiger charge is -2.22. The molecule has 8 nitrogen and oxygen atoms in total. The molecule has 3 aromatic carbocycles. The summed E-state index contributed by atoms with van der Waals surface area (Å²) in [5, 5.41) is 14.5. The molecule has 1 saturated heterocycles. The highest BCUT2D eigenvalue weighted by molar-refractivity contribution is 6.33. The second-order valence-corrected chi connectivity index (χ2v) is 10.2. The number of aryl methyl sites for hydroxylation is 1. The number of carbonyl (C=O) groups is 2. The molecule has 5 aromatic rings. The molecule has 1 amide bonds. The maximum atomic E-state index is 12.9. The second-order valence-electron chi connectivity index (χ2n) is 9.79. The van der Waals surface area contributed by atoms with Crippen LogP contribution in [0.25, 0.3) is 33.2 Å². The summed E-state index contributed by atoms with van der Waals surface area (Å²) < 4.78 is 6.08. The molecule has 1 fully saturated rings. The monoisotopic (exact) mass is 540 g/mol. The Morgan fingerprint density at radius 1 is 1.05 bits per heavy atom. The number of aliphatic carboxylic acids is 1. The van der Waals surface area contributed by atoms with Gasteiger partial charge in [0.2, 0.25) is 5.91 Å². The quantitative estimate of drug-likeness (QED) is 0.259. The SMILES string of the molecule is Cc1nc(N2C[C@@H](CC(=O)Nc3ccc(-c4ccccc4Cl)cc3)C[C@H]2C(=O)O)c2oc3ccccc3c2n1. The van der Waals surface area contributed by atoms with Crippen molar-refractivity contribution < 1.29 is 19.1 Å². The number of para-hydroxylation sites is 1. The Morgan fingerprint density at radius 2 is 1.79 bits per heavy atom. The van der Waals surface area contributed by atoms with Crippen LogP contribution >= 0.6 is 11.6 Å². The molecule has 39 heavy (non-hydrogen) atoms. The van der Waals surface area contributed by atoms with Crippen molar-refractivity contribution in [1.82, 2.24) is 9.97 Å². The van der Waals surface area contributed by atoms with Crippen LogP contribution in [0.4, 0.5) is 11.5 Å². The normalized spacial score (nSPS) is 17.1. The van der Waals surface area contributed by atoms with Gasteiger partial charge in [-0.3, -0.25) is 4.79 Å². The van der Waals surface area contributed by atoms with Crippen molar-refractivity contribution in [2.45, 2.75) is 25.8 Å². The van der Waals surface area contributed by atoms with Crippen LogP contribution in [-0.4, -0.2) is 39.5 Å². The second kappa shape index (κ2) is 10.0. The lowest BCUT2D eigenvalue weighted by atomic mass is 10.0. The first-order chi connectivity index (χ1) is 18.9. The van der Waals surface area contributed by atoms with Gasteiger partial charge in [-0.1, -0.05) is 54.1 Å². The van der Waals surface area contributed by atoms with Crippen LogP contribution < -0.4 is 10.2 Å². The van der Waals surface area contributed by atoms with E-state index in [1.807, 2.05) is 72.8 Å². The van der Waals surface area contributed by atoms with E-state index in [2.05, 4.69) is 15.3 Å². The van der Waals surface area contributed by atoms with E-state index in [1.165, 1.54) is 0 Å². The number of benzene rings is 3. The van der Waals surface area contributed by atoms with Crippen LogP contribution in [0.5, 0.6) is 0 Å². The summed E-state index contributed by atoms with van der Waals surface area (Å²) >= 11 is 6.30. The highest BCUT2D eigenvalue weighted by atomic mass is 35.5. The van der Waals surface area contributed by atoms with Gasteiger partial charge in [0.15, 0.2) is 11.4 Å². The fourth-order valence-corrected chi connectivity index (χ4v) is 5.57. The number of rotatable bonds is 6. The third kappa shape index (κ3) is 4.79. The standard InChI is InChI=1S/C30H25ClN4O4/c1-17-32-27-22-7-3-5-9-25(22)39-28(27)29(33-17)35-16-18(14-24(35)30(37)38)15-26(36)34-20-12-10-19(11-13-20)21-6-2-4-8-23(21)31/h2-13,18,24H,14-16H2,1H3,(H,34,36)(H,37,38)/t18-,24+/m1/s1. The highest BCUT2D eigenvalue weighted by Gasteiger charge is 2.40. The summed E-state index contributed by atoms with van der Waals surface area (Å²) in [6.07, 6.45) is 0.499. The first-order valence-electron chi connectivity index (χ1n) is 12.7. The number of aromatic nitrogens is 2. The average Bonchev–Trinajstić information content (AvgIpc) is 3.51. The molecule has 1 aliphatic rings. The van der Waals surface area contributed by atoms with E-state index in [1.54, 1.807) is 11.8 Å². The molecule has 6 rings (SSSR count). The summed E-state index contributed by atoms with van der Waals surface area (Å²) in [6.45, 7) is 2.14. The van der Waals surface area contributed by atoms with Gasteiger partial charge in [-0.25, -0.2) is 14.8 Å². The molecular formula is C30H25ClN4O4. The molecule has 0 spiro atoms. The van der Waals surface area contributed by atoms with Crippen LogP contribution in [0.2, 0.25) is 5.02 Å². The van der Waals surface area contributed by atoms with Gasteiger partial charge in [0.25, 0.3) is 0 Å². The number of halogens is 1. The maximum Gasteiger partial charge on any atom is 0.326 e. The Kier molecular flexibility index (Phi) is 6.40. The van der Waals surface area contributed by atoms with E-state index in [0.29, 0.717) is 52.0 Å². The van der Waals surface area contributed by atoms with Gasteiger partial charge in [0.05, 0.1) is 0 Å². The van der Waals surface area contributed by atoms with Crippen molar-refractivity contribution in [2.24, 2.45) is 5.92 Å². The van der Waals surface area contributed by atoms with E-state index >= 15 is 0 Å². The fourth-order valence-electron chi connectivity index (χ4n) is 5.32. The first-order valence-corrected chi connectivity index (χ1v) is 13.1. The van der Waals surface area contributed by atoms with Gasteiger partial charge in [-0.15, -0.1) is 0 Å². The minimum atomic E-state index is -0.964. The Labute approximate surface area is 229 Å². The van der Waals surface area contributed by atoms with Gasteiger partial charge < -0.3 is 19.7 Å². The topological polar surface area (TPSA) is 109 Å². The van der Waals surface area contributed by atoms with Gasteiger partial charge in [-0.2, -0.15) is 0 Å². The fraction of sp³-hybridized carbons (Fsp3) is 0.200. The van der Waals surface area contributed by atoms with Gasteiger partial charge in [-0.05, 0) is 55.2 Å². The Balaban J connectivity index is 1.20. The predicted molar refractivity (Wildman–Crippen MR) is 151 cm³/mol. The third-order valence-electron chi connectivity index (χ3n) is 7.09. The summed E-state index contributed by atoms with van der Waals surface area (Å²) in [7, 11) is 0. The largest absolute Gasteiger partial charge is 0.480 e. The predicted octanol–water partition coefficient (Wildman–Crippen LogP) is 6.31. The van der Waals surface area contributed by atoms with Crippen molar-refractivity contribution in [3.05, 3.63) is 83.6 Å². The maximum absolute atomic E-state index is 12.9. The van der Waals surface area contributed by atoms with Crippen LogP contribution in [0.1, 0.15) is 18.7 Å². The van der Waals surface area contributed by atoms with Crippen molar-refractivity contribution in [1.29, 1.82) is 0 Å². The van der Waals surface area contributed by atoms with E-state index < -0.39 is 12.0 Å². The number of amides is 1. The van der Waals surface area contributed by atoms with Crippen LogP contribution in [0.3, 0.4) is 0 Å². The molecule has 0 saturated carbocycles. The zero-order valence-corrected chi connectivity index (χ0v) is 21.9. The molecule has 1 aliphatic heterocycles. The highest BCUT2D eigenvalue weighted by Crippen LogP contribution is 2.38. The molecule has 196 valence electrons. The number of carbonyl (C=O) groups excluding carboxylic acids is 1. The summed E-state index contributed by atoms with van der Waals surface area (Å²) in [5.41, 5.74) is 4.30. The molecule has 2 N–H and O–H groups in total. The Morgan fingerprint density at radius 3 is 2.56 bits per heavy atom. The lowest BCUT2D eigenvalue weighted by Crippen LogP contribution is -2.36. The number of carboxylic acids is 1. The molecule has 2 aromatic heterocycles. The number of hydrogen-bond acceptors (Lipinski definition) is 6. The number of nitrogens with zero attached hydrogens (tertiary/aromatic N) is 3. The van der Waals surface area contributed by atoms with Crippen LogP contribution in [-0.2, 0) is 9.59 Å². The van der Waals surface area contributed by atoms with Gasteiger partial charge in [0, 0.05) is 34.6 Å². The third-order valence-corrected chi connectivity index (χ3v) is 7.42. The zero-order valence-electron chi connectivity index (χ0n) is 21.1. The van der Waals surface area contributed by atoms with Crippen molar-refractivity contribution in [2.75, 3.05) is 16.8 Å². The summed E-state index contributed by atoms with van der Waals surface area (Å²) in [6, 6.07) is 21.8. The van der Waals surface area contributed by atoms with E-state index in [9.17, 15) is 14.7 Å². The zero-order chi connectivity index (χ0) is 27.1. The summed E-state index contributed by atoms with van der Waals surface area (Å²) in [4.78, 5) is 36.1. The summed E-state index contributed by atoms with van der Waals surface area (Å²) in [5.74, 6) is -0.352. The van der Waals surface area contributed by atoms with Crippen molar-refractivity contribution in [3.8, 4) is 11.1 Å². The minimum Gasteiger partial charge on any atom is -0.480 e. The number of nitrogens with one attached hydrogen (secondary N) is 1. The number of anilines is 2.